The molecule has 1 amide bonds. The summed E-state index contributed by atoms with van der Waals surface area (Å²) in [5, 5.41) is 0. The number of amidine groups is 1. The first-order valence-corrected chi connectivity index (χ1v) is 8.60. The summed E-state index contributed by atoms with van der Waals surface area (Å²) in [6.45, 7) is 0. The number of aromatic nitrogens is 1. The second-order valence-corrected chi connectivity index (χ2v) is 6.09. The zero-order valence-electron chi connectivity index (χ0n) is 15.0. The van der Waals surface area contributed by atoms with Gasteiger partial charge >= 0.3 is 0 Å². The monoisotopic (exact) mass is 373 g/mol. The molecule has 1 aromatic heterocycles. The number of anilines is 1. The summed E-state index contributed by atoms with van der Waals surface area (Å²) in [6.07, 6.45) is 5.01. The Morgan fingerprint density at radius 1 is 0.964 bits per heavy atom. The topological polar surface area (TPSA) is 54.8 Å². The lowest BCUT2D eigenvalue weighted by Gasteiger charge is -2.18. The number of rotatable bonds is 4. The van der Waals surface area contributed by atoms with E-state index in [2.05, 4.69) is 9.98 Å². The van der Waals surface area contributed by atoms with Crippen molar-refractivity contribution in [3.8, 4) is 5.75 Å². The van der Waals surface area contributed by atoms with Gasteiger partial charge in [-0.2, -0.15) is 0 Å². The van der Waals surface area contributed by atoms with Crippen LogP contribution in [0, 0.1) is 5.82 Å². The number of carbonyl (C=O) groups is 1. The normalized spacial score (nSPS) is 15.1. The number of amides is 1. The van der Waals surface area contributed by atoms with Crippen molar-refractivity contribution in [3.05, 3.63) is 95.7 Å². The van der Waals surface area contributed by atoms with E-state index in [-0.39, 0.29) is 11.7 Å². The number of hydrogen-bond acceptors (Lipinski definition) is 4. The Balaban J connectivity index is 1.80. The van der Waals surface area contributed by atoms with E-state index >= 15 is 0 Å². The van der Waals surface area contributed by atoms with Crippen LogP contribution in [0.15, 0.2) is 83.7 Å². The molecule has 2 heterocycles. The molecule has 0 bridgehead atoms. The highest BCUT2D eigenvalue weighted by atomic mass is 19.1. The maximum absolute atomic E-state index is 13.4. The van der Waals surface area contributed by atoms with Crippen molar-refractivity contribution in [2.45, 2.75) is 0 Å². The molecule has 1 aliphatic rings. The van der Waals surface area contributed by atoms with Crippen LogP contribution in [0.25, 0.3) is 6.08 Å². The smallest absolute Gasteiger partial charge is 0.282 e. The van der Waals surface area contributed by atoms with Crippen LogP contribution in [0.4, 0.5) is 10.1 Å². The van der Waals surface area contributed by atoms with E-state index < -0.39 is 0 Å². The average Bonchev–Trinajstić information content (AvgIpc) is 3.05. The van der Waals surface area contributed by atoms with Crippen LogP contribution in [-0.2, 0) is 4.79 Å². The van der Waals surface area contributed by atoms with Crippen molar-refractivity contribution in [3.63, 3.8) is 0 Å². The maximum Gasteiger partial charge on any atom is 0.282 e. The van der Waals surface area contributed by atoms with Gasteiger partial charge in [0.15, 0.2) is 0 Å². The molecular weight excluding hydrogens is 357 g/mol. The Labute approximate surface area is 161 Å². The van der Waals surface area contributed by atoms with Gasteiger partial charge in [-0.25, -0.2) is 9.38 Å². The summed E-state index contributed by atoms with van der Waals surface area (Å²) >= 11 is 0. The molecule has 1 aliphatic heterocycles. The fraction of sp³-hybridized carbons (Fsp3) is 0.0455. The minimum Gasteiger partial charge on any atom is -0.497 e. The van der Waals surface area contributed by atoms with E-state index in [0.717, 1.165) is 5.56 Å². The number of halogens is 1. The zero-order chi connectivity index (χ0) is 19.5. The third-order valence-electron chi connectivity index (χ3n) is 4.30. The van der Waals surface area contributed by atoms with Gasteiger partial charge in [0.25, 0.3) is 5.91 Å². The van der Waals surface area contributed by atoms with Gasteiger partial charge in [-0.15, -0.1) is 0 Å². The molecule has 0 atom stereocenters. The van der Waals surface area contributed by atoms with Crippen LogP contribution in [0.1, 0.15) is 11.1 Å². The molecule has 5 nitrogen and oxygen atoms in total. The largest absolute Gasteiger partial charge is 0.497 e. The van der Waals surface area contributed by atoms with Crippen LogP contribution in [0.3, 0.4) is 0 Å². The highest BCUT2D eigenvalue weighted by Gasteiger charge is 2.32. The first-order valence-electron chi connectivity index (χ1n) is 8.60. The standard InChI is InChI=1S/C22H16FN3O2/c1-28-19-8-6-18(7-9-19)26-21(16-2-4-17(23)5-3-16)25-20(22(26)27)14-15-10-12-24-13-11-15/h2-14H,1H3/b20-14+. The molecule has 4 rings (SSSR count). The minimum absolute atomic E-state index is 0.263. The van der Waals surface area contributed by atoms with Crippen LogP contribution >= 0.6 is 0 Å². The first-order chi connectivity index (χ1) is 13.7. The zero-order valence-corrected chi connectivity index (χ0v) is 15.0. The number of benzene rings is 2. The van der Waals surface area contributed by atoms with Crippen LogP contribution in [0.2, 0.25) is 0 Å². The fourth-order valence-electron chi connectivity index (χ4n) is 2.90. The SMILES string of the molecule is COc1ccc(N2C(=O)/C(=C\c3ccncc3)N=C2c2ccc(F)cc2)cc1. The number of hydrogen-bond donors (Lipinski definition) is 0. The molecule has 0 N–H and O–H groups in total. The third kappa shape index (κ3) is 3.40. The number of methoxy groups -OCH3 is 1. The molecule has 0 aliphatic carbocycles. The molecule has 0 unspecified atom stereocenters. The fourth-order valence-corrected chi connectivity index (χ4v) is 2.90. The molecule has 6 heteroatoms. The molecular formula is C22H16FN3O2. The van der Waals surface area contributed by atoms with E-state index in [0.29, 0.717) is 28.5 Å². The molecule has 0 saturated carbocycles. The van der Waals surface area contributed by atoms with E-state index in [1.165, 1.54) is 17.0 Å². The van der Waals surface area contributed by atoms with Gasteiger partial charge in [0.2, 0.25) is 0 Å². The predicted molar refractivity (Wildman–Crippen MR) is 106 cm³/mol. The second-order valence-electron chi connectivity index (χ2n) is 6.09. The summed E-state index contributed by atoms with van der Waals surface area (Å²) in [7, 11) is 1.58. The van der Waals surface area contributed by atoms with Crippen LogP contribution in [0.5, 0.6) is 5.75 Å². The minimum atomic E-state index is -0.350. The molecule has 0 fully saturated rings. The Bertz CT molecular complexity index is 1060. The maximum atomic E-state index is 13.4. The van der Waals surface area contributed by atoms with Crippen molar-refractivity contribution in [2.24, 2.45) is 4.99 Å². The Morgan fingerprint density at radius 3 is 2.29 bits per heavy atom. The van der Waals surface area contributed by atoms with Gasteiger partial charge < -0.3 is 4.74 Å². The lowest BCUT2D eigenvalue weighted by molar-refractivity contribution is -0.113. The Hall–Kier alpha value is -3.80. The van der Waals surface area contributed by atoms with Crippen LogP contribution < -0.4 is 9.64 Å². The number of aliphatic imine (C=N–C) groups is 1. The quantitative estimate of drug-likeness (QED) is 0.648. The van der Waals surface area contributed by atoms with Crippen molar-refractivity contribution in [1.29, 1.82) is 0 Å². The van der Waals surface area contributed by atoms with Crippen molar-refractivity contribution in [2.75, 3.05) is 12.0 Å². The molecule has 28 heavy (non-hydrogen) atoms. The Morgan fingerprint density at radius 2 is 1.64 bits per heavy atom. The summed E-state index contributed by atoms with van der Waals surface area (Å²) < 4.78 is 18.6. The van der Waals surface area contributed by atoms with Crippen LogP contribution in [-0.4, -0.2) is 23.8 Å². The molecule has 0 spiro atoms. The van der Waals surface area contributed by atoms with E-state index in [9.17, 15) is 9.18 Å². The average molecular weight is 373 g/mol. The van der Waals surface area contributed by atoms with E-state index in [1.54, 1.807) is 74.1 Å². The van der Waals surface area contributed by atoms with E-state index in [4.69, 9.17) is 4.74 Å². The predicted octanol–water partition coefficient (Wildman–Crippen LogP) is 4.06. The second kappa shape index (κ2) is 7.44. The van der Waals surface area contributed by atoms with Gasteiger partial charge in [0.1, 0.15) is 23.1 Å². The van der Waals surface area contributed by atoms with Gasteiger partial charge in [0.05, 0.1) is 12.8 Å². The summed E-state index contributed by atoms with van der Waals surface area (Å²) in [6, 6.07) is 16.6. The third-order valence-corrected chi connectivity index (χ3v) is 4.30. The van der Waals surface area contributed by atoms with Crippen molar-refractivity contribution in [1.82, 2.24) is 4.98 Å². The molecule has 138 valence electrons. The van der Waals surface area contributed by atoms with Gasteiger partial charge in [0, 0.05) is 18.0 Å². The number of pyridine rings is 1. The molecule has 0 radical (unpaired) electrons. The molecule has 2 aromatic carbocycles. The lowest BCUT2D eigenvalue weighted by atomic mass is 10.1. The van der Waals surface area contributed by atoms with E-state index in [1.807, 2.05) is 0 Å². The number of carbonyl (C=O) groups excluding carboxylic acids is 1. The Kier molecular flexibility index (Phi) is 4.68. The van der Waals surface area contributed by atoms with Gasteiger partial charge in [-0.3, -0.25) is 14.7 Å². The first kappa shape index (κ1) is 17.6. The number of nitrogens with zero attached hydrogens (tertiary/aromatic N) is 3. The molecule has 0 saturated heterocycles. The highest BCUT2D eigenvalue weighted by molar-refractivity contribution is 6.33. The number of ether oxygens (including phenoxy) is 1. The molecule has 3 aromatic rings. The van der Waals surface area contributed by atoms with Crippen molar-refractivity contribution >= 4 is 23.5 Å². The summed E-state index contributed by atoms with van der Waals surface area (Å²) in [5.41, 5.74) is 2.40. The van der Waals surface area contributed by atoms with Gasteiger partial charge in [-0.05, 0) is 72.3 Å². The lowest BCUT2D eigenvalue weighted by Crippen LogP contribution is -2.32. The van der Waals surface area contributed by atoms with Crippen molar-refractivity contribution < 1.29 is 13.9 Å². The van der Waals surface area contributed by atoms with Gasteiger partial charge in [-0.1, -0.05) is 0 Å². The highest BCUT2D eigenvalue weighted by Crippen LogP contribution is 2.29. The summed E-state index contributed by atoms with van der Waals surface area (Å²) in [5.74, 6) is 0.511. The summed E-state index contributed by atoms with van der Waals surface area (Å²) in [4.78, 5) is 23.2.